The number of nitrogens with one attached hydrogen (secondary N) is 2. The van der Waals surface area contributed by atoms with E-state index >= 15 is 0 Å². The van der Waals surface area contributed by atoms with Crippen LogP contribution in [0.4, 0.5) is 5.69 Å². The highest BCUT2D eigenvalue weighted by Crippen LogP contribution is 2.19. The lowest BCUT2D eigenvalue weighted by Gasteiger charge is -2.24. The summed E-state index contributed by atoms with van der Waals surface area (Å²) >= 11 is 2.03. The Labute approximate surface area is 143 Å². The minimum absolute atomic E-state index is 0.543. The van der Waals surface area contributed by atoms with Crippen molar-refractivity contribution in [3.8, 4) is 0 Å². The molecule has 0 aromatic heterocycles. The molecule has 124 valence electrons. The zero-order valence-corrected chi connectivity index (χ0v) is 14.6. The van der Waals surface area contributed by atoms with Crippen molar-refractivity contribution in [2.45, 2.75) is 25.4 Å². The zero-order valence-electron chi connectivity index (χ0n) is 13.8. The van der Waals surface area contributed by atoms with E-state index in [1.165, 1.54) is 35.6 Å². The van der Waals surface area contributed by atoms with Crippen LogP contribution in [0.1, 0.15) is 18.4 Å². The molecule has 1 atom stereocenters. The van der Waals surface area contributed by atoms with Gasteiger partial charge in [0.2, 0.25) is 0 Å². The van der Waals surface area contributed by atoms with Crippen LogP contribution in [0.15, 0.2) is 41.4 Å². The predicted molar refractivity (Wildman–Crippen MR) is 101 cm³/mol. The maximum atomic E-state index is 4.36. The smallest absolute Gasteiger partial charge is 0.191 e. The monoisotopic (exact) mass is 330 g/mol. The highest BCUT2D eigenvalue weighted by Gasteiger charge is 2.14. The molecule has 2 heterocycles. The van der Waals surface area contributed by atoms with Crippen molar-refractivity contribution in [1.29, 1.82) is 0 Å². The highest BCUT2D eigenvalue weighted by molar-refractivity contribution is 7.99. The third-order valence-electron chi connectivity index (χ3n) is 4.28. The third-order valence-corrected chi connectivity index (χ3v) is 5.49. The number of nitrogens with zero attached hydrogens (tertiary/aromatic N) is 2. The second kappa shape index (κ2) is 8.29. The van der Waals surface area contributed by atoms with E-state index in [0.717, 1.165) is 25.6 Å². The molecule has 0 saturated carbocycles. The summed E-state index contributed by atoms with van der Waals surface area (Å²) in [6.07, 6.45) is 6.98. The molecule has 5 heteroatoms. The van der Waals surface area contributed by atoms with Crippen LogP contribution in [0.5, 0.6) is 0 Å². The molecular weight excluding hydrogens is 304 g/mol. The molecule has 0 spiro atoms. The van der Waals surface area contributed by atoms with Gasteiger partial charge in [-0.25, -0.2) is 0 Å². The molecule has 0 aliphatic carbocycles. The van der Waals surface area contributed by atoms with Crippen LogP contribution in [-0.2, 0) is 6.54 Å². The first-order valence-electron chi connectivity index (χ1n) is 8.39. The second-order valence-electron chi connectivity index (χ2n) is 6.03. The fraction of sp³-hybridized carbons (Fsp3) is 0.500. The fourth-order valence-corrected chi connectivity index (χ4v) is 4.05. The van der Waals surface area contributed by atoms with Crippen molar-refractivity contribution in [2.75, 3.05) is 36.5 Å². The van der Waals surface area contributed by atoms with Crippen molar-refractivity contribution in [1.82, 2.24) is 10.6 Å². The van der Waals surface area contributed by atoms with Gasteiger partial charge in [-0.15, -0.1) is 0 Å². The van der Waals surface area contributed by atoms with Crippen molar-refractivity contribution in [3.05, 3.63) is 42.0 Å². The Hall–Kier alpha value is -1.62. The molecule has 4 nitrogen and oxygen atoms in total. The van der Waals surface area contributed by atoms with E-state index in [1.54, 1.807) is 0 Å². The fourth-order valence-electron chi connectivity index (χ4n) is 2.98. The Kier molecular flexibility index (Phi) is 5.86. The van der Waals surface area contributed by atoms with Gasteiger partial charge in [0.25, 0.3) is 0 Å². The minimum Gasteiger partial charge on any atom is -0.364 e. The normalized spacial score (nSPS) is 21.5. The van der Waals surface area contributed by atoms with Crippen LogP contribution in [0.25, 0.3) is 0 Å². The average molecular weight is 331 g/mol. The van der Waals surface area contributed by atoms with E-state index < -0.39 is 0 Å². The predicted octanol–water partition coefficient (Wildman–Crippen LogP) is 2.62. The van der Waals surface area contributed by atoms with Gasteiger partial charge in [0, 0.05) is 44.2 Å². The molecule has 1 aromatic rings. The lowest BCUT2D eigenvalue weighted by Crippen LogP contribution is -2.45. The van der Waals surface area contributed by atoms with E-state index in [9.17, 15) is 0 Å². The van der Waals surface area contributed by atoms with Gasteiger partial charge in [-0.3, -0.25) is 4.99 Å². The number of hydrogen-bond acceptors (Lipinski definition) is 3. The van der Waals surface area contributed by atoms with Gasteiger partial charge in [-0.2, -0.15) is 11.8 Å². The quantitative estimate of drug-likeness (QED) is 0.506. The molecular formula is C18H26N4S. The topological polar surface area (TPSA) is 39.7 Å². The standard InChI is InChI=1S/C18H26N4S/c1-19-18(21-16-7-5-11-23-14-16)20-13-15-6-4-8-17(12-15)22-9-2-3-10-22/h2-4,6,8,12,16H,5,7,9-11,13-14H2,1H3,(H2,19,20,21). The molecule has 2 N–H and O–H groups in total. The summed E-state index contributed by atoms with van der Waals surface area (Å²) in [7, 11) is 1.84. The second-order valence-corrected chi connectivity index (χ2v) is 7.18. The molecule has 23 heavy (non-hydrogen) atoms. The summed E-state index contributed by atoms with van der Waals surface area (Å²) < 4.78 is 0. The summed E-state index contributed by atoms with van der Waals surface area (Å²) in [5, 5.41) is 6.99. The number of hydrogen-bond donors (Lipinski definition) is 2. The maximum absolute atomic E-state index is 4.36. The first kappa shape index (κ1) is 16.2. The summed E-state index contributed by atoms with van der Waals surface area (Å²) in [6.45, 7) is 2.83. The van der Waals surface area contributed by atoms with Crippen LogP contribution in [-0.4, -0.2) is 43.6 Å². The van der Waals surface area contributed by atoms with Gasteiger partial charge in [0.05, 0.1) is 0 Å². The molecule has 1 aromatic carbocycles. The lowest BCUT2D eigenvalue weighted by atomic mass is 10.2. The van der Waals surface area contributed by atoms with Crippen LogP contribution in [0.3, 0.4) is 0 Å². The summed E-state index contributed by atoms with van der Waals surface area (Å²) in [5.74, 6) is 3.38. The Balaban J connectivity index is 1.53. The molecule has 0 bridgehead atoms. The summed E-state index contributed by atoms with van der Waals surface area (Å²) in [4.78, 5) is 6.73. The number of benzene rings is 1. The van der Waals surface area contributed by atoms with E-state index in [-0.39, 0.29) is 0 Å². The first-order valence-corrected chi connectivity index (χ1v) is 9.54. The van der Waals surface area contributed by atoms with Crippen LogP contribution in [0.2, 0.25) is 0 Å². The van der Waals surface area contributed by atoms with E-state index in [4.69, 9.17) is 0 Å². The minimum atomic E-state index is 0.543. The Morgan fingerprint density at radius 3 is 2.96 bits per heavy atom. The summed E-state index contributed by atoms with van der Waals surface area (Å²) in [5.41, 5.74) is 2.58. The Morgan fingerprint density at radius 1 is 1.35 bits per heavy atom. The molecule has 2 aliphatic rings. The molecule has 3 rings (SSSR count). The van der Waals surface area contributed by atoms with Crippen molar-refractivity contribution in [3.63, 3.8) is 0 Å². The first-order chi connectivity index (χ1) is 11.3. The average Bonchev–Trinajstić information content (AvgIpc) is 3.14. The van der Waals surface area contributed by atoms with Crippen LogP contribution < -0.4 is 15.5 Å². The molecule has 1 unspecified atom stereocenters. The van der Waals surface area contributed by atoms with Gasteiger partial charge in [0.1, 0.15) is 0 Å². The van der Waals surface area contributed by atoms with Gasteiger partial charge in [-0.1, -0.05) is 24.3 Å². The number of guanidine groups is 1. The van der Waals surface area contributed by atoms with Crippen molar-refractivity contribution < 1.29 is 0 Å². The third kappa shape index (κ3) is 4.67. The molecule has 2 aliphatic heterocycles. The van der Waals surface area contributed by atoms with Gasteiger partial charge >= 0.3 is 0 Å². The van der Waals surface area contributed by atoms with E-state index in [2.05, 4.69) is 56.9 Å². The number of anilines is 1. The molecule has 0 radical (unpaired) electrons. The largest absolute Gasteiger partial charge is 0.364 e. The van der Waals surface area contributed by atoms with Gasteiger partial charge in [0.15, 0.2) is 5.96 Å². The molecule has 0 amide bonds. The SMILES string of the molecule is CN=C(NCc1cccc(N2CC=CC2)c1)NC1CCCSC1. The van der Waals surface area contributed by atoms with Gasteiger partial charge in [-0.05, 0) is 36.3 Å². The Morgan fingerprint density at radius 2 is 2.22 bits per heavy atom. The summed E-state index contributed by atoms with van der Waals surface area (Å²) in [6, 6.07) is 9.30. The number of thioether (sulfide) groups is 1. The lowest BCUT2D eigenvalue weighted by molar-refractivity contribution is 0.582. The number of rotatable bonds is 4. The molecule has 1 fully saturated rings. The Bertz CT molecular complexity index is 556. The van der Waals surface area contributed by atoms with Crippen LogP contribution >= 0.6 is 11.8 Å². The van der Waals surface area contributed by atoms with Crippen LogP contribution in [0, 0.1) is 0 Å². The number of aliphatic imine (C=N–C) groups is 1. The molecule has 1 saturated heterocycles. The van der Waals surface area contributed by atoms with E-state index in [1.807, 2.05) is 18.8 Å². The van der Waals surface area contributed by atoms with Crippen molar-refractivity contribution in [2.24, 2.45) is 4.99 Å². The van der Waals surface area contributed by atoms with Gasteiger partial charge < -0.3 is 15.5 Å². The van der Waals surface area contributed by atoms with Crippen molar-refractivity contribution >= 4 is 23.4 Å². The zero-order chi connectivity index (χ0) is 15.9. The highest BCUT2D eigenvalue weighted by atomic mass is 32.2. The maximum Gasteiger partial charge on any atom is 0.191 e. The van der Waals surface area contributed by atoms with E-state index in [0.29, 0.717) is 6.04 Å².